The summed E-state index contributed by atoms with van der Waals surface area (Å²) in [4.78, 5) is 2.34. The quantitative estimate of drug-likeness (QED) is 0.780. The number of nitrogen functional groups attached to an aromatic ring is 1. The van der Waals surface area contributed by atoms with E-state index in [-0.39, 0.29) is 0 Å². The molecule has 0 aromatic carbocycles. The van der Waals surface area contributed by atoms with Gasteiger partial charge in [-0.2, -0.15) is 5.10 Å². The highest BCUT2D eigenvalue weighted by Crippen LogP contribution is 2.10. The van der Waals surface area contributed by atoms with Gasteiger partial charge in [-0.25, -0.2) is 0 Å². The largest absolute Gasteiger partial charge is 0.384 e. The van der Waals surface area contributed by atoms with Gasteiger partial charge < -0.3 is 10.5 Å². The minimum Gasteiger partial charge on any atom is -0.384 e. The molecule has 2 heterocycles. The van der Waals surface area contributed by atoms with E-state index in [1.54, 1.807) is 0 Å². The van der Waals surface area contributed by atoms with Crippen LogP contribution in [0.5, 0.6) is 0 Å². The van der Waals surface area contributed by atoms with Gasteiger partial charge in [-0.3, -0.25) is 9.58 Å². The third kappa shape index (κ3) is 2.49. The maximum atomic E-state index is 5.81. The van der Waals surface area contributed by atoms with Crippen molar-refractivity contribution in [1.29, 1.82) is 0 Å². The SMILES string of the molecule is CCn1nc(CN2CCOCC2)cc1N. The van der Waals surface area contributed by atoms with Crippen molar-refractivity contribution in [2.45, 2.75) is 20.0 Å². The molecule has 5 nitrogen and oxygen atoms in total. The zero-order valence-electron chi connectivity index (χ0n) is 9.15. The molecule has 1 aliphatic heterocycles. The Bertz CT molecular complexity index is 317. The van der Waals surface area contributed by atoms with Crippen molar-refractivity contribution in [3.05, 3.63) is 11.8 Å². The Kier molecular flexibility index (Phi) is 3.23. The molecule has 5 heteroatoms. The van der Waals surface area contributed by atoms with Gasteiger partial charge in [0.25, 0.3) is 0 Å². The van der Waals surface area contributed by atoms with E-state index in [0.717, 1.165) is 50.9 Å². The van der Waals surface area contributed by atoms with Gasteiger partial charge in [-0.1, -0.05) is 0 Å². The van der Waals surface area contributed by atoms with Gasteiger partial charge in [-0.15, -0.1) is 0 Å². The van der Waals surface area contributed by atoms with Crippen molar-refractivity contribution in [2.75, 3.05) is 32.0 Å². The average molecular weight is 210 g/mol. The number of hydrogen-bond acceptors (Lipinski definition) is 4. The molecule has 0 saturated carbocycles. The predicted octanol–water partition coefficient (Wildman–Crippen LogP) is 0.317. The Hall–Kier alpha value is -1.07. The van der Waals surface area contributed by atoms with Crippen LogP contribution in [0.15, 0.2) is 6.07 Å². The predicted molar refractivity (Wildman–Crippen MR) is 58.4 cm³/mol. The lowest BCUT2D eigenvalue weighted by molar-refractivity contribution is 0.0336. The van der Waals surface area contributed by atoms with E-state index in [9.17, 15) is 0 Å². The zero-order valence-corrected chi connectivity index (χ0v) is 9.15. The van der Waals surface area contributed by atoms with Crippen LogP contribution in [-0.4, -0.2) is 41.0 Å². The summed E-state index contributed by atoms with van der Waals surface area (Å²) in [6.07, 6.45) is 0. The lowest BCUT2D eigenvalue weighted by Crippen LogP contribution is -2.35. The van der Waals surface area contributed by atoms with Crippen LogP contribution < -0.4 is 5.73 Å². The van der Waals surface area contributed by atoms with Gasteiger partial charge in [0.1, 0.15) is 5.82 Å². The smallest absolute Gasteiger partial charge is 0.121 e. The number of hydrogen-bond donors (Lipinski definition) is 1. The number of ether oxygens (including phenoxy) is 1. The van der Waals surface area contributed by atoms with Gasteiger partial charge in [0.2, 0.25) is 0 Å². The summed E-state index contributed by atoms with van der Waals surface area (Å²) >= 11 is 0. The molecule has 1 aromatic heterocycles. The molecule has 1 aliphatic rings. The minimum absolute atomic E-state index is 0.751. The normalized spacial score (nSPS) is 18.2. The average Bonchev–Trinajstić information content (AvgIpc) is 2.60. The first-order valence-electron chi connectivity index (χ1n) is 5.42. The van der Waals surface area contributed by atoms with Crippen LogP contribution in [0, 0.1) is 0 Å². The molecular formula is C10H18N4O. The summed E-state index contributed by atoms with van der Waals surface area (Å²) in [6.45, 7) is 7.36. The Labute approximate surface area is 89.8 Å². The van der Waals surface area contributed by atoms with Crippen LogP contribution in [-0.2, 0) is 17.8 Å². The fourth-order valence-electron chi connectivity index (χ4n) is 1.81. The van der Waals surface area contributed by atoms with Crippen LogP contribution in [0.2, 0.25) is 0 Å². The highest BCUT2D eigenvalue weighted by molar-refractivity contribution is 5.30. The fourth-order valence-corrected chi connectivity index (χ4v) is 1.81. The maximum absolute atomic E-state index is 5.81. The molecule has 0 atom stereocenters. The molecule has 0 spiro atoms. The molecule has 0 bridgehead atoms. The summed E-state index contributed by atoms with van der Waals surface area (Å²) < 4.78 is 7.12. The van der Waals surface area contributed by atoms with E-state index in [0.29, 0.717) is 0 Å². The zero-order chi connectivity index (χ0) is 10.7. The van der Waals surface area contributed by atoms with Gasteiger partial charge >= 0.3 is 0 Å². The highest BCUT2D eigenvalue weighted by Gasteiger charge is 2.12. The molecule has 0 amide bonds. The lowest BCUT2D eigenvalue weighted by atomic mass is 10.3. The summed E-state index contributed by atoms with van der Waals surface area (Å²) in [5.74, 6) is 0.751. The molecule has 0 radical (unpaired) electrons. The van der Waals surface area contributed by atoms with Gasteiger partial charge in [0.15, 0.2) is 0 Å². The monoisotopic (exact) mass is 210 g/mol. The Morgan fingerprint density at radius 1 is 1.47 bits per heavy atom. The third-order valence-electron chi connectivity index (χ3n) is 2.65. The molecular weight excluding hydrogens is 192 g/mol. The third-order valence-corrected chi connectivity index (χ3v) is 2.65. The Morgan fingerprint density at radius 3 is 2.80 bits per heavy atom. The maximum Gasteiger partial charge on any atom is 0.121 e. The molecule has 0 unspecified atom stereocenters. The standard InChI is InChI=1S/C10H18N4O/c1-2-14-10(11)7-9(12-14)8-13-3-5-15-6-4-13/h7H,2-6,8,11H2,1H3. The Balaban J connectivity index is 1.97. The van der Waals surface area contributed by atoms with Crippen LogP contribution in [0.25, 0.3) is 0 Å². The second-order valence-electron chi connectivity index (χ2n) is 3.76. The van der Waals surface area contributed by atoms with E-state index in [1.807, 2.05) is 17.7 Å². The fraction of sp³-hybridized carbons (Fsp3) is 0.700. The van der Waals surface area contributed by atoms with Gasteiger partial charge in [0.05, 0.1) is 18.9 Å². The van der Waals surface area contributed by atoms with Gasteiger partial charge in [0, 0.05) is 32.2 Å². The molecule has 2 N–H and O–H groups in total. The van der Waals surface area contributed by atoms with E-state index in [4.69, 9.17) is 10.5 Å². The summed E-state index contributed by atoms with van der Waals surface area (Å²) in [6, 6.07) is 1.96. The second-order valence-corrected chi connectivity index (χ2v) is 3.76. The number of rotatable bonds is 3. The summed E-state index contributed by atoms with van der Waals surface area (Å²) in [5.41, 5.74) is 6.87. The lowest BCUT2D eigenvalue weighted by Gasteiger charge is -2.25. The number of morpholine rings is 1. The highest BCUT2D eigenvalue weighted by atomic mass is 16.5. The van der Waals surface area contributed by atoms with E-state index in [2.05, 4.69) is 10.00 Å². The number of nitrogens with two attached hydrogens (primary N) is 1. The Morgan fingerprint density at radius 2 is 2.20 bits per heavy atom. The van der Waals surface area contributed by atoms with Crippen molar-refractivity contribution < 1.29 is 4.74 Å². The molecule has 84 valence electrons. The first-order chi connectivity index (χ1) is 7.29. The summed E-state index contributed by atoms with van der Waals surface area (Å²) in [7, 11) is 0. The number of aromatic nitrogens is 2. The van der Waals surface area contributed by atoms with Crippen LogP contribution in [0.3, 0.4) is 0 Å². The van der Waals surface area contributed by atoms with E-state index < -0.39 is 0 Å². The molecule has 1 aromatic rings. The number of anilines is 1. The molecule has 1 fully saturated rings. The first-order valence-corrected chi connectivity index (χ1v) is 5.42. The van der Waals surface area contributed by atoms with Crippen molar-refractivity contribution in [1.82, 2.24) is 14.7 Å². The molecule has 15 heavy (non-hydrogen) atoms. The van der Waals surface area contributed by atoms with Crippen LogP contribution >= 0.6 is 0 Å². The number of aryl methyl sites for hydroxylation is 1. The van der Waals surface area contributed by atoms with Crippen LogP contribution in [0.1, 0.15) is 12.6 Å². The number of nitrogens with zero attached hydrogens (tertiary/aromatic N) is 3. The molecule has 1 saturated heterocycles. The van der Waals surface area contributed by atoms with Crippen molar-refractivity contribution in [2.24, 2.45) is 0 Å². The van der Waals surface area contributed by atoms with Crippen molar-refractivity contribution >= 4 is 5.82 Å². The summed E-state index contributed by atoms with van der Waals surface area (Å²) in [5, 5.41) is 4.43. The molecule has 2 rings (SSSR count). The van der Waals surface area contributed by atoms with Crippen LogP contribution in [0.4, 0.5) is 5.82 Å². The van der Waals surface area contributed by atoms with Crippen molar-refractivity contribution in [3.8, 4) is 0 Å². The topological polar surface area (TPSA) is 56.3 Å². The second kappa shape index (κ2) is 4.63. The minimum atomic E-state index is 0.751. The van der Waals surface area contributed by atoms with E-state index >= 15 is 0 Å². The van der Waals surface area contributed by atoms with Crippen molar-refractivity contribution in [3.63, 3.8) is 0 Å². The van der Waals surface area contributed by atoms with Gasteiger partial charge in [-0.05, 0) is 6.92 Å². The van der Waals surface area contributed by atoms with E-state index in [1.165, 1.54) is 0 Å². The first kappa shape index (κ1) is 10.4. The molecule has 0 aliphatic carbocycles.